The molecule has 0 bridgehead atoms. The van der Waals surface area contributed by atoms with Crippen molar-refractivity contribution < 1.29 is 13.6 Å². The van der Waals surface area contributed by atoms with Gasteiger partial charge in [0.1, 0.15) is 11.6 Å². The minimum absolute atomic E-state index is 0.0180. The number of aryl methyl sites for hydroxylation is 1. The number of fused-ring (bicyclic) bond motifs is 3. The number of benzene rings is 2. The molecular weight excluding hydrogens is 478 g/mol. The molecule has 0 aliphatic carbocycles. The zero-order valence-corrected chi connectivity index (χ0v) is 19.4. The largest absolute Gasteiger partial charge is 0.332 e. The van der Waals surface area contributed by atoms with Crippen LogP contribution in [-0.4, -0.2) is 39.8 Å². The highest BCUT2D eigenvalue weighted by Crippen LogP contribution is 2.25. The van der Waals surface area contributed by atoms with Gasteiger partial charge in [-0.05, 0) is 42.0 Å². The van der Waals surface area contributed by atoms with Gasteiger partial charge in [0, 0.05) is 19.7 Å². The van der Waals surface area contributed by atoms with Gasteiger partial charge in [-0.2, -0.15) is 0 Å². The molecule has 5 rings (SSSR count). The average Bonchev–Trinajstić information content (AvgIpc) is 3.40. The van der Waals surface area contributed by atoms with E-state index in [1.807, 2.05) is 0 Å². The van der Waals surface area contributed by atoms with Crippen molar-refractivity contribution in [1.29, 1.82) is 0 Å². The fourth-order valence-corrected chi connectivity index (χ4v) is 4.72. The first-order valence-electron chi connectivity index (χ1n) is 10.5. The standard InChI is InChI=1S/C23H18F2N6O3S/c1-28-19-18(20(33)29(2)23(28)34)30(11-13-3-7-15(24)8-4-13)21-26-27-22(31(19)21)35-12-17(32)14-5-9-16(25)10-6-14/h3-10H,11-12H2,1-2H3. The van der Waals surface area contributed by atoms with Crippen LogP contribution in [0.4, 0.5) is 8.78 Å². The summed E-state index contributed by atoms with van der Waals surface area (Å²) in [5.74, 6) is -0.798. The number of carbonyl (C=O) groups excluding carboxylic acids is 1. The number of imidazole rings is 1. The first kappa shape index (κ1) is 22.7. The van der Waals surface area contributed by atoms with Crippen molar-refractivity contribution in [3.8, 4) is 0 Å². The molecule has 0 aliphatic heterocycles. The van der Waals surface area contributed by atoms with E-state index in [1.165, 1.54) is 55.1 Å². The monoisotopic (exact) mass is 496 g/mol. The molecule has 12 heteroatoms. The van der Waals surface area contributed by atoms with E-state index >= 15 is 0 Å². The van der Waals surface area contributed by atoms with E-state index in [0.29, 0.717) is 22.1 Å². The highest BCUT2D eigenvalue weighted by Gasteiger charge is 2.24. The van der Waals surface area contributed by atoms with Crippen LogP contribution in [0.3, 0.4) is 0 Å². The molecule has 0 N–H and O–H groups in total. The first-order chi connectivity index (χ1) is 16.8. The third kappa shape index (κ3) is 3.85. The number of rotatable bonds is 6. The maximum atomic E-state index is 13.4. The van der Waals surface area contributed by atoms with Gasteiger partial charge in [0.05, 0.1) is 12.3 Å². The zero-order valence-electron chi connectivity index (χ0n) is 18.6. The Labute approximate surface area is 200 Å². The Balaban J connectivity index is 1.64. The van der Waals surface area contributed by atoms with E-state index in [4.69, 9.17) is 0 Å². The van der Waals surface area contributed by atoms with Crippen molar-refractivity contribution in [2.24, 2.45) is 14.1 Å². The van der Waals surface area contributed by atoms with Gasteiger partial charge in [-0.1, -0.05) is 23.9 Å². The normalized spacial score (nSPS) is 11.5. The van der Waals surface area contributed by atoms with Gasteiger partial charge in [0.25, 0.3) is 5.56 Å². The number of halogens is 2. The predicted molar refractivity (Wildman–Crippen MR) is 126 cm³/mol. The molecule has 0 amide bonds. The Kier molecular flexibility index (Phi) is 5.59. The van der Waals surface area contributed by atoms with Gasteiger partial charge in [-0.15, -0.1) is 10.2 Å². The van der Waals surface area contributed by atoms with E-state index in [1.54, 1.807) is 21.1 Å². The van der Waals surface area contributed by atoms with E-state index in [2.05, 4.69) is 10.2 Å². The number of ketones is 1. The zero-order chi connectivity index (χ0) is 24.9. The molecule has 9 nitrogen and oxygen atoms in total. The van der Waals surface area contributed by atoms with E-state index in [-0.39, 0.29) is 35.1 Å². The molecule has 0 saturated heterocycles. The lowest BCUT2D eigenvalue weighted by Crippen LogP contribution is -2.37. The van der Waals surface area contributed by atoms with Gasteiger partial charge in [-0.3, -0.25) is 23.3 Å². The van der Waals surface area contributed by atoms with Crippen molar-refractivity contribution in [2.75, 3.05) is 5.75 Å². The summed E-state index contributed by atoms with van der Waals surface area (Å²) in [4.78, 5) is 38.4. The first-order valence-corrected chi connectivity index (χ1v) is 11.4. The van der Waals surface area contributed by atoms with Crippen LogP contribution in [0.15, 0.2) is 63.3 Å². The molecule has 0 unspecified atom stereocenters. The number of thioether (sulfide) groups is 1. The highest BCUT2D eigenvalue weighted by atomic mass is 32.2. The van der Waals surface area contributed by atoms with Crippen LogP contribution in [0.1, 0.15) is 15.9 Å². The molecular formula is C23H18F2N6O3S. The van der Waals surface area contributed by atoms with E-state index in [0.717, 1.165) is 16.3 Å². The Morgan fingerprint density at radius 2 is 1.54 bits per heavy atom. The topological polar surface area (TPSA) is 96.2 Å². The molecule has 35 heavy (non-hydrogen) atoms. The van der Waals surface area contributed by atoms with Gasteiger partial charge < -0.3 is 0 Å². The van der Waals surface area contributed by atoms with Gasteiger partial charge in [0.2, 0.25) is 5.78 Å². The molecule has 0 radical (unpaired) electrons. The molecule has 3 aromatic heterocycles. The Bertz CT molecular complexity index is 1720. The van der Waals surface area contributed by atoms with Crippen LogP contribution in [0.25, 0.3) is 16.9 Å². The third-order valence-electron chi connectivity index (χ3n) is 5.70. The highest BCUT2D eigenvalue weighted by molar-refractivity contribution is 7.99. The minimum Gasteiger partial charge on any atom is -0.298 e. The second kappa shape index (κ2) is 8.62. The Hall–Kier alpha value is -4.06. The summed E-state index contributed by atoms with van der Waals surface area (Å²) in [6.45, 7) is 0.179. The minimum atomic E-state index is -0.532. The molecule has 2 aromatic carbocycles. The van der Waals surface area contributed by atoms with Crippen LogP contribution >= 0.6 is 11.8 Å². The van der Waals surface area contributed by atoms with Crippen LogP contribution in [0, 0.1) is 11.6 Å². The second-order valence-corrected chi connectivity index (χ2v) is 8.87. The van der Waals surface area contributed by atoms with E-state index in [9.17, 15) is 23.2 Å². The summed E-state index contributed by atoms with van der Waals surface area (Å²) < 4.78 is 32.1. The predicted octanol–water partition coefficient (Wildman–Crippen LogP) is 2.38. The second-order valence-electron chi connectivity index (χ2n) is 7.93. The maximum Gasteiger partial charge on any atom is 0.332 e. The number of nitrogens with zero attached hydrogens (tertiary/aromatic N) is 6. The van der Waals surface area contributed by atoms with Crippen LogP contribution in [0.5, 0.6) is 0 Å². The fraction of sp³-hybridized carbons (Fsp3) is 0.174. The lowest BCUT2D eigenvalue weighted by molar-refractivity contribution is 0.102. The number of aromatic nitrogens is 6. The summed E-state index contributed by atoms with van der Waals surface area (Å²) in [6.07, 6.45) is 0. The molecule has 0 atom stereocenters. The van der Waals surface area contributed by atoms with E-state index < -0.39 is 17.1 Å². The summed E-state index contributed by atoms with van der Waals surface area (Å²) in [5, 5.41) is 8.72. The van der Waals surface area contributed by atoms with Gasteiger partial charge in [-0.25, -0.2) is 18.0 Å². The number of hydrogen-bond acceptors (Lipinski definition) is 6. The van der Waals surface area contributed by atoms with Crippen molar-refractivity contribution >= 4 is 34.5 Å². The molecule has 0 fully saturated rings. The Morgan fingerprint density at radius 3 is 2.20 bits per heavy atom. The number of hydrogen-bond donors (Lipinski definition) is 0. The molecule has 3 heterocycles. The summed E-state index contributed by atoms with van der Waals surface area (Å²) in [6, 6.07) is 11.0. The van der Waals surface area contributed by atoms with Crippen molar-refractivity contribution in [3.63, 3.8) is 0 Å². The quantitative estimate of drug-likeness (QED) is 0.265. The molecule has 0 saturated carbocycles. The molecule has 5 aromatic rings. The van der Waals surface area contributed by atoms with Crippen molar-refractivity contribution in [3.05, 3.63) is 92.1 Å². The van der Waals surface area contributed by atoms with Crippen molar-refractivity contribution in [2.45, 2.75) is 11.7 Å². The molecule has 0 spiro atoms. The molecule has 178 valence electrons. The summed E-state index contributed by atoms with van der Waals surface area (Å²) >= 11 is 1.08. The van der Waals surface area contributed by atoms with Gasteiger partial charge >= 0.3 is 5.69 Å². The average molecular weight is 496 g/mol. The van der Waals surface area contributed by atoms with Crippen LogP contribution in [-0.2, 0) is 20.6 Å². The van der Waals surface area contributed by atoms with Crippen LogP contribution in [0.2, 0.25) is 0 Å². The summed E-state index contributed by atoms with van der Waals surface area (Å²) in [5.41, 5.74) is 0.502. The number of carbonyl (C=O) groups is 1. The number of Topliss-reactive ketones (excluding diaryl/α,β-unsaturated/α-hetero) is 1. The van der Waals surface area contributed by atoms with Crippen LogP contribution < -0.4 is 11.2 Å². The molecule has 0 aliphatic rings. The maximum absolute atomic E-state index is 13.4. The summed E-state index contributed by atoms with van der Waals surface area (Å²) in [7, 11) is 2.92. The lowest BCUT2D eigenvalue weighted by Gasteiger charge is -2.07. The third-order valence-corrected chi connectivity index (χ3v) is 6.63. The SMILES string of the molecule is Cn1c(=O)c2c(n(C)c1=O)n1c(SCC(=O)c3ccc(F)cc3)nnc1n2Cc1ccc(F)cc1. The fourth-order valence-electron chi connectivity index (χ4n) is 3.90. The lowest BCUT2D eigenvalue weighted by atomic mass is 10.1. The van der Waals surface area contributed by atoms with Gasteiger partial charge in [0.15, 0.2) is 22.1 Å². The smallest absolute Gasteiger partial charge is 0.298 e. The Morgan fingerprint density at radius 1 is 0.914 bits per heavy atom. The van der Waals surface area contributed by atoms with Crippen molar-refractivity contribution in [1.82, 2.24) is 28.3 Å².